The molecule has 5 nitrogen and oxygen atoms in total. The first-order chi connectivity index (χ1) is 13.2. The number of nitrogens with one attached hydrogen (secondary N) is 2. The summed E-state index contributed by atoms with van der Waals surface area (Å²) in [7, 11) is 1.78. The van der Waals surface area contributed by atoms with Crippen molar-refractivity contribution >= 4 is 17.4 Å². The topological polar surface area (TPSA) is 53.6 Å². The van der Waals surface area contributed by atoms with Gasteiger partial charge in [0, 0.05) is 38.1 Å². The molecule has 2 aromatic carbocycles. The maximum atomic E-state index is 12.0. The number of methoxy groups -OCH3 is 1. The van der Waals surface area contributed by atoms with Gasteiger partial charge in [-0.05, 0) is 55.5 Å². The summed E-state index contributed by atoms with van der Waals surface area (Å²) >= 11 is 0. The Labute approximate surface area is 161 Å². The third-order valence-corrected chi connectivity index (χ3v) is 4.97. The van der Waals surface area contributed by atoms with Gasteiger partial charge in [-0.15, -0.1) is 0 Å². The number of carbonyl (C=O) groups excluding carboxylic acids is 1. The number of aryl methyl sites for hydroxylation is 1. The van der Waals surface area contributed by atoms with Crippen molar-refractivity contribution in [1.82, 2.24) is 5.32 Å². The summed E-state index contributed by atoms with van der Waals surface area (Å²) in [6, 6.07) is 18.2. The zero-order valence-corrected chi connectivity index (χ0v) is 16.0. The van der Waals surface area contributed by atoms with Crippen molar-refractivity contribution in [3.63, 3.8) is 0 Å². The van der Waals surface area contributed by atoms with Gasteiger partial charge < -0.3 is 20.3 Å². The predicted octanol–water partition coefficient (Wildman–Crippen LogP) is 4.06. The van der Waals surface area contributed by atoms with Crippen molar-refractivity contribution in [3.8, 4) is 0 Å². The van der Waals surface area contributed by atoms with Crippen LogP contribution in [0.4, 0.5) is 16.2 Å². The first-order valence-electron chi connectivity index (χ1n) is 9.71. The molecular formula is C22H29N3O2. The average molecular weight is 367 g/mol. The van der Waals surface area contributed by atoms with Crippen molar-refractivity contribution in [1.29, 1.82) is 0 Å². The molecule has 0 spiro atoms. The quantitative estimate of drug-likeness (QED) is 0.726. The maximum Gasteiger partial charge on any atom is 0.319 e. The fraction of sp³-hybridized carbons (Fsp3) is 0.409. The lowest BCUT2D eigenvalue weighted by Crippen LogP contribution is -2.39. The van der Waals surface area contributed by atoms with Crippen LogP contribution < -0.4 is 15.5 Å². The molecule has 1 aliphatic rings. The Hall–Kier alpha value is -2.53. The molecule has 5 heteroatoms. The van der Waals surface area contributed by atoms with Crippen molar-refractivity contribution in [2.75, 3.05) is 37.0 Å². The lowest BCUT2D eigenvalue weighted by atomic mass is 10.1. The van der Waals surface area contributed by atoms with Crippen LogP contribution in [0.2, 0.25) is 0 Å². The number of ether oxygens (including phenoxy) is 1. The molecule has 1 aliphatic heterocycles. The number of anilines is 2. The normalized spacial score (nSPS) is 16.8. The number of carbonyl (C=O) groups is 1. The van der Waals surface area contributed by atoms with Gasteiger partial charge in [-0.3, -0.25) is 0 Å². The molecule has 0 saturated carbocycles. The second kappa shape index (κ2) is 9.97. The van der Waals surface area contributed by atoms with Crippen molar-refractivity contribution in [3.05, 3.63) is 60.2 Å². The molecule has 0 radical (unpaired) electrons. The number of benzene rings is 2. The van der Waals surface area contributed by atoms with Gasteiger partial charge >= 0.3 is 6.03 Å². The Kier molecular flexibility index (Phi) is 7.11. The SMILES string of the molecule is CO[C@@H]1CCCN(c2ccc(NC(=O)NCCCc3ccccc3)cc2)C1. The molecule has 0 aliphatic carbocycles. The van der Waals surface area contributed by atoms with Gasteiger partial charge in [0.1, 0.15) is 0 Å². The van der Waals surface area contributed by atoms with Crippen LogP contribution in [0.3, 0.4) is 0 Å². The van der Waals surface area contributed by atoms with Gasteiger partial charge in [0.25, 0.3) is 0 Å². The molecule has 2 N–H and O–H groups in total. The minimum absolute atomic E-state index is 0.159. The molecule has 2 aromatic rings. The summed E-state index contributed by atoms with van der Waals surface area (Å²) in [5.41, 5.74) is 3.27. The van der Waals surface area contributed by atoms with Crippen LogP contribution >= 0.6 is 0 Å². The number of urea groups is 1. The third-order valence-electron chi connectivity index (χ3n) is 4.97. The molecule has 1 saturated heterocycles. The number of hydrogen-bond donors (Lipinski definition) is 2. The largest absolute Gasteiger partial charge is 0.380 e. The highest BCUT2D eigenvalue weighted by atomic mass is 16.5. The van der Waals surface area contributed by atoms with Gasteiger partial charge in [-0.1, -0.05) is 30.3 Å². The molecule has 1 heterocycles. The second-order valence-corrected chi connectivity index (χ2v) is 6.96. The average Bonchev–Trinajstić information content (AvgIpc) is 2.72. The molecule has 1 fully saturated rings. The summed E-state index contributed by atoms with van der Waals surface area (Å²) in [5.74, 6) is 0. The van der Waals surface area contributed by atoms with Crippen LogP contribution in [-0.2, 0) is 11.2 Å². The molecule has 1 atom stereocenters. The van der Waals surface area contributed by atoms with Crippen LogP contribution in [0, 0.1) is 0 Å². The summed E-state index contributed by atoms with van der Waals surface area (Å²) in [6.07, 6.45) is 4.46. The molecule has 3 rings (SSSR count). The van der Waals surface area contributed by atoms with Crippen LogP contribution in [0.25, 0.3) is 0 Å². The highest BCUT2D eigenvalue weighted by molar-refractivity contribution is 5.89. The van der Waals surface area contributed by atoms with E-state index >= 15 is 0 Å². The second-order valence-electron chi connectivity index (χ2n) is 6.96. The molecule has 0 bridgehead atoms. The molecule has 144 valence electrons. The Balaban J connectivity index is 1.40. The van der Waals surface area contributed by atoms with Crippen LogP contribution in [0.1, 0.15) is 24.8 Å². The predicted molar refractivity (Wildman–Crippen MR) is 110 cm³/mol. The Bertz CT molecular complexity index is 703. The fourth-order valence-electron chi connectivity index (χ4n) is 3.44. The zero-order chi connectivity index (χ0) is 18.9. The Morgan fingerprint density at radius 3 is 2.67 bits per heavy atom. The van der Waals surface area contributed by atoms with E-state index in [4.69, 9.17) is 4.74 Å². The minimum Gasteiger partial charge on any atom is -0.380 e. The van der Waals surface area contributed by atoms with E-state index in [1.165, 1.54) is 11.3 Å². The van der Waals surface area contributed by atoms with E-state index in [0.717, 1.165) is 44.5 Å². The highest BCUT2D eigenvalue weighted by Gasteiger charge is 2.19. The van der Waals surface area contributed by atoms with Crippen LogP contribution in [0.5, 0.6) is 0 Å². The first kappa shape index (κ1) is 19.2. The van der Waals surface area contributed by atoms with Gasteiger partial charge in [-0.2, -0.15) is 0 Å². The highest BCUT2D eigenvalue weighted by Crippen LogP contribution is 2.22. The van der Waals surface area contributed by atoms with Gasteiger partial charge in [0.2, 0.25) is 0 Å². The summed E-state index contributed by atoms with van der Waals surface area (Å²) in [6.45, 7) is 2.63. The number of nitrogens with zero attached hydrogens (tertiary/aromatic N) is 1. The van der Waals surface area contributed by atoms with Crippen molar-refractivity contribution in [2.24, 2.45) is 0 Å². The number of piperidine rings is 1. The molecule has 27 heavy (non-hydrogen) atoms. The van der Waals surface area contributed by atoms with Gasteiger partial charge in [-0.25, -0.2) is 4.79 Å². The smallest absolute Gasteiger partial charge is 0.319 e. The Morgan fingerprint density at radius 2 is 1.93 bits per heavy atom. The van der Waals surface area contributed by atoms with E-state index in [2.05, 4.69) is 39.8 Å². The van der Waals surface area contributed by atoms with Gasteiger partial charge in [0.15, 0.2) is 0 Å². The van der Waals surface area contributed by atoms with E-state index in [-0.39, 0.29) is 6.03 Å². The van der Waals surface area contributed by atoms with Gasteiger partial charge in [0.05, 0.1) is 6.10 Å². The molecule has 0 aromatic heterocycles. The molecule has 0 unspecified atom stereocenters. The van der Waals surface area contributed by atoms with E-state index < -0.39 is 0 Å². The fourth-order valence-corrected chi connectivity index (χ4v) is 3.44. The minimum atomic E-state index is -0.159. The van der Waals surface area contributed by atoms with Crippen LogP contribution in [-0.4, -0.2) is 38.9 Å². The van der Waals surface area contributed by atoms with E-state index in [1.54, 1.807) is 7.11 Å². The zero-order valence-electron chi connectivity index (χ0n) is 16.0. The molecular weight excluding hydrogens is 338 g/mol. The lowest BCUT2D eigenvalue weighted by Gasteiger charge is -2.33. The summed E-state index contributed by atoms with van der Waals surface area (Å²) in [4.78, 5) is 14.4. The lowest BCUT2D eigenvalue weighted by molar-refractivity contribution is 0.0893. The monoisotopic (exact) mass is 367 g/mol. The van der Waals surface area contributed by atoms with Crippen molar-refractivity contribution < 1.29 is 9.53 Å². The van der Waals surface area contributed by atoms with E-state index in [0.29, 0.717) is 12.6 Å². The van der Waals surface area contributed by atoms with E-state index in [1.807, 2.05) is 30.3 Å². The number of amides is 2. The summed E-state index contributed by atoms with van der Waals surface area (Å²) < 4.78 is 5.49. The van der Waals surface area contributed by atoms with Crippen LogP contribution in [0.15, 0.2) is 54.6 Å². The molecule has 2 amide bonds. The maximum absolute atomic E-state index is 12.0. The Morgan fingerprint density at radius 1 is 1.15 bits per heavy atom. The number of rotatable bonds is 7. The first-order valence-corrected chi connectivity index (χ1v) is 9.71. The third kappa shape index (κ3) is 6.00. The standard InChI is InChI=1S/C22H29N3O2/c1-27-21-10-6-16-25(17-21)20-13-11-19(12-14-20)24-22(26)23-15-5-9-18-7-3-2-4-8-18/h2-4,7-8,11-14,21H,5-6,9-10,15-17H2,1H3,(H2,23,24,26)/t21-/m1/s1. The summed E-state index contributed by atoms with van der Waals surface area (Å²) in [5, 5.41) is 5.81. The van der Waals surface area contributed by atoms with Crippen molar-refractivity contribution in [2.45, 2.75) is 31.8 Å². The van der Waals surface area contributed by atoms with E-state index in [9.17, 15) is 4.79 Å². The number of hydrogen-bond acceptors (Lipinski definition) is 3.